The SMILES string of the molecule is CCC(CC)NC(=O)C(C)Oc1ccc(C(=O)OC)cc1. The molecule has 1 N–H and O–H groups in total. The zero-order chi connectivity index (χ0) is 15.8. The lowest BCUT2D eigenvalue weighted by molar-refractivity contribution is -0.128. The summed E-state index contributed by atoms with van der Waals surface area (Å²) in [5.74, 6) is -0.00308. The zero-order valence-corrected chi connectivity index (χ0v) is 13.0. The van der Waals surface area contributed by atoms with E-state index >= 15 is 0 Å². The quantitative estimate of drug-likeness (QED) is 0.785. The number of hydrogen-bond donors (Lipinski definition) is 1. The third kappa shape index (κ3) is 5.10. The van der Waals surface area contributed by atoms with Crippen LogP contribution in [0.25, 0.3) is 0 Å². The first-order chi connectivity index (χ1) is 10.0. The number of ether oxygens (including phenoxy) is 2. The second kappa shape index (κ2) is 8.29. The minimum absolute atomic E-state index is 0.138. The predicted octanol–water partition coefficient (Wildman–Crippen LogP) is 2.55. The fourth-order valence-corrected chi connectivity index (χ4v) is 1.86. The van der Waals surface area contributed by atoms with E-state index in [0.29, 0.717) is 11.3 Å². The van der Waals surface area contributed by atoms with Crippen LogP contribution in [0.4, 0.5) is 0 Å². The predicted molar refractivity (Wildman–Crippen MR) is 80.4 cm³/mol. The molecule has 0 saturated carbocycles. The van der Waals surface area contributed by atoms with Crippen molar-refractivity contribution in [3.05, 3.63) is 29.8 Å². The van der Waals surface area contributed by atoms with Crippen LogP contribution < -0.4 is 10.1 Å². The van der Waals surface area contributed by atoms with Crippen molar-refractivity contribution >= 4 is 11.9 Å². The number of esters is 1. The van der Waals surface area contributed by atoms with Crippen LogP contribution in [-0.4, -0.2) is 31.1 Å². The Balaban J connectivity index is 2.60. The molecule has 0 saturated heterocycles. The van der Waals surface area contributed by atoms with E-state index in [0.717, 1.165) is 12.8 Å². The van der Waals surface area contributed by atoms with Crippen molar-refractivity contribution in [1.82, 2.24) is 5.32 Å². The van der Waals surface area contributed by atoms with Gasteiger partial charge < -0.3 is 14.8 Å². The van der Waals surface area contributed by atoms with Gasteiger partial charge in [-0.25, -0.2) is 4.79 Å². The average molecular weight is 293 g/mol. The van der Waals surface area contributed by atoms with Crippen molar-refractivity contribution in [2.24, 2.45) is 0 Å². The summed E-state index contributed by atoms with van der Waals surface area (Å²) < 4.78 is 10.2. The molecule has 0 spiro atoms. The zero-order valence-electron chi connectivity index (χ0n) is 13.0. The normalized spacial score (nSPS) is 11.9. The monoisotopic (exact) mass is 293 g/mol. The summed E-state index contributed by atoms with van der Waals surface area (Å²) in [6.07, 6.45) is 1.19. The molecular formula is C16H23NO4. The van der Waals surface area contributed by atoms with Gasteiger partial charge in [0.2, 0.25) is 0 Å². The summed E-state index contributed by atoms with van der Waals surface area (Å²) in [5.41, 5.74) is 0.444. The highest BCUT2D eigenvalue weighted by atomic mass is 16.5. The van der Waals surface area contributed by atoms with Crippen LogP contribution in [0.15, 0.2) is 24.3 Å². The molecule has 0 heterocycles. The molecular weight excluding hydrogens is 270 g/mol. The van der Waals surface area contributed by atoms with Crippen molar-refractivity contribution in [3.8, 4) is 5.75 Å². The molecule has 0 aliphatic carbocycles. The molecule has 0 aliphatic rings. The van der Waals surface area contributed by atoms with E-state index in [1.165, 1.54) is 7.11 Å². The number of carbonyl (C=O) groups is 2. The third-order valence-electron chi connectivity index (χ3n) is 3.29. The summed E-state index contributed by atoms with van der Waals surface area (Å²) in [7, 11) is 1.33. The highest BCUT2D eigenvalue weighted by molar-refractivity contribution is 5.89. The van der Waals surface area contributed by atoms with Gasteiger partial charge in [-0.05, 0) is 44.0 Å². The van der Waals surface area contributed by atoms with E-state index in [9.17, 15) is 9.59 Å². The largest absolute Gasteiger partial charge is 0.481 e. The van der Waals surface area contributed by atoms with Gasteiger partial charge in [0.25, 0.3) is 5.91 Å². The number of benzene rings is 1. The minimum Gasteiger partial charge on any atom is -0.481 e. The maximum absolute atomic E-state index is 12.0. The molecule has 5 nitrogen and oxygen atoms in total. The van der Waals surface area contributed by atoms with Crippen LogP contribution in [0.3, 0.4) is 0 Å². The van der Waals surface area contributed by atoms with Crippen LogP contribution in [-0.2, 0) is 9.53 Å². The number of methoxy groups -OCH3 is 1. The Bertz CT molecular complexity index is 466. The number of rotatable bonds is 7. The van der Waals surface area contributed by atoms with Gasteiger partial charge >= 0.3 is 5.97 Å². The summed E-state index contributed by atoms with van der Waals surface area (Å²) in [4.78, 5) is 23.3. The van der Waals surface area contributed by atoms with E-state index in [-0.39, 0.29) is 11.9 Å². The van der Waals surface area contributed by atoms with Gasteiger partial charge in [0.1, 0.15) is 5.75 Å². The Morgan fingerprint density at radius 3 is 2.19 bits per heavy atom. The fraction of sp³-hybridized carbons (Fsp3) is 0.500. The van der Waals surface area contributed by atoms with E-state index in [1.807, 2.05) is 13.8 Å². The number of hydrogen-bond acceptors (Lipinski definition) is 4. The molecule has 1 amide bonds. The highest BCUT2D eigenvalue weighted by Crippen LogP contribution is 2.14. The van der Waals surface area contributed by atoms with Gasteiger partial charge in [0.05, 0.1) is 12.7 Å². The lowest BCUT2D eigenvalue weighted by Crippen LogP contribution is -2.42. The summed E-state index contributed by atoms with van der Waals surface area (Å²) in [6.45, 7) is 5.77. The summed E-state index contributed by atoms with van der Waals surface area (Å²) in [6, 6.07) is 6.67. The molecule has 0 radical (unpaired) electrons. The minimum atomic E-state index is -0.588. The van der Waals surface area contributed by atoms with Crippen molar-refractivity contribution in [3.63, 3.8) is 0 Å². The number of amides is 1. The number of carbonyl (C=O) groups excluding carboxylic acids is 2. The van der Waals surface area contributed by atoms with Crippen LogP contribution in [0, 0.1) is 0 Å². The summed E-state index contributed by atoms with van der Waals surface area (Å²) >= 11 is 0. The Morgan fingerprint density at radius 1 is 1.14 bits per heavy atom. The average Bonchev–Trinajstić information content (AvgIpc) is 2.52. The Morgan fingerprint density at radius 2 is 1.71 bits per heavy atom. The molecule has 0 aliphatic heterocycles. The molecule has 1 unspecified atom stereocenters. The van der Waals surface area contributed by atoms with Crippen molar-refractivity contribution in [2.75, 3.05) is 7.11 Å². The van der Waals surface area contributed by atoms with Gasteiger partial charge in [-0.1, -0.05) is 13.8 Å². The smallest absolute Gasteiger partial charge is 0.337 e. The second-order valence-electron chi connectivity index (χ2n) is 4.80. The van der Waals surface area contributed by atoms with E-state index in [4.69, 9.17) is 4.74 Å². The van der Waals surface area contributed by atoms with E-state index < -0.39 is 12.1 Å². The molecule has 1 aromatic carbocycles. The molecule has 116 valence electrons. The fourth-order valence-electron chi connectivity index (χ4n) is 1.86. The lowest BCUT2D eigenvalue weighted by Gasteiger charge is -2.19. The topological polar surface area (TPSA) is 64.6 Å². The van der Waals surface area contributed by atoms with Crippen LogP contribution in [0.5, 0.6) is 5.75 Å². The van der Waals surface area contributed by atoms with Gasteiger partial charge in [-0.15, -0.1) is 0 Å². The third-order valence-corrected chi connectivity index (χ3v) is 3.29. The van der Waals surface area contributed by atoms with Crippen molar-refractivity contribution < 1.29 is 19.1 Å². The first-order valence-corrected chi connectivity index (χ1v) is 7.17. The molecule has 0 bridgehead atoms. The van der Waals surface area contributed by atoms with Crippen LogP contribution in [0.1, 0.15) is 44.0 Å². The second-order valence-corrected chi connectivity index (χ2v) is 4.80. The molecule has 1 aromatic rings. The van der Waals surface area contributed by atoms with Crippen LogP contribution in [0.2, 0.25) is 0 Å². The molecule has 5 heteroatoms. The Hall–Kier alpha value is -2.04. The van der Waals surface area contributed by atoms with Gasteiger partial charge in [-0.3, -0.25) is 4.79 Å². The van der Waals surface area contributed by atoms with Crippen LogP contribution >= 0.6 is 0 Å². The highest BCUT2D eigenvalue weighted by Gasteiger charge is 2.17. The molecule has 1 rings (SSSR count). The maximum atomic E-state index is 12.0. The Labute approximate surface area is 125 Å². The van der Waals surface area contributed by atoms with E-state index in [2.05, 4.69) is 10.1 Å². The molecule has 0 fully saturated rings. The molecule has 21 heavy (non-hydrogen) atoms. The Kier molecular flexibility index (Phi) is 6.72. The van der Waals surface area contributed by atoms with Gasteiger partial charge in [0, 0.05) is 6.04 Å². The standard InChI is InChI=1S/C16H23NO4/c1-5-13(6-2)17-15(18)11(3)21-14-9-7-12(8-10-14)16(19)20-4/h7-11,13H,5-6H2,1-4H3,(H,17,18). The van der Waals surface area contributed by atoms with Crippen molar-refractivity contribution in [2.45, 2.75) is 45.8 Å². The first kappa shape index (κ1) is 17.0. The molecule has 1 atom stereocenters. The van der Waals surface area contributed by atoms with E-state index in [1.54, 1.807) is 31.2 Å². The number of nitrogens with one attached hydrogen (secondary N) is 1. The lowest BCUT2D eigenvalue weighted by atomic mass is 10.1. The molecule has 0 aromatic heterocycles. The first-order valence-electron chi connectivity index (χ1n) is 7.17. The van der Waals surface area contributed by atoms with Gasteiger partial charge in [0.15, 0.2) is 6.10 Å². The maximum Gasteiger partial charge on any atom is 0.337 e. The van der Waals surface area contributed by atoms with Gasteiger partial charge in [-0.2, -0.15) is 0 Å². The van der Waals surface area contributed by atoms with Crippen molar-refractivity contribution in [1.29, 1.82) is 0 Å². The summed E-state index contributed by atoms with van der Waals surface area (Å²) in [5, 5.41) is 2.94.